The second-order valence-corrected chi connectivity index (χ2v) is 6.44. The molecule has 0 N–H and O–H groups in total. The van der Waals surface area contributed by atoms with E-state index in [1.165, 1.54) is 33.0 Å². The van der Waals surface area contributed by atoms with E-state index in [4.69, 9.17) is 0 Å². The first-order valence-corrected chi connectivity index (χ1v) is 8.60. The molecule has 0 aliphatic heterocycles. The minimum atomic E-state index is 0.978. The summed E-state index contributed by atoms with van der Waals surface area (Å²) < 4.78 is 0. The van der Waals surface area contributed by atoms with E-state index in [1.807, 2.05) is 0 Å². The Labute approximate surface area is 147 Å². The van der Waals surface area contributed by atoms with Crippen molar-refractivity contribution in [2.45, 2.75) is 6.42 Å². The Morgan fingerprint density at radius 3 is 2.24 bits per heavy atom. The molecular formula is C25H16. The molecule has 0 radical (unpaired) electrons. The molecule has 0 bridgehead atoms. The molecule has 0 unspecified atom stereocenters. The van der Waals surface area contributed by atoms with Crippen LogP contribution >= 0.6 is 0 Å². The van der Waals surface area contributed by atoms with E-state index in [0.717, 1.165) is 17.5 Å². The highest BCUT2D eigenvalue weighted by Crippen LogP contribution is 2.37. The topological polar surface area (TPSA) is 0 Å². The molecular weight excluding hydrogens is 300 g/mol. The van der Waals surface area contributed by atoms with Crippen LogP contribution in [0.15, 0.2) is 84.9 Å². The minimum Gasteiger partial charge on any atom is -0.0619 e. The highest BCUT2D eigenvalue weighted by molar-refractivity contribution is 5.88. The lowest BCUT2D eigenvalue weighted by Crippen LogP contribution is -1.87. The first-order valence-electron chi connectivity index (χ1n) is 8.60. The molecule has 0 nitrogen and oxygen atoms in total. The fourth-order valence-electron chi connectivity index (χ4n) is 3.74. The Balaban J connectivity index is 1.63. The normalized spacial score (nSPS) is 11.5. The van der Waals surface area contributed by atoms with Gasteiger partial charge in [-0.15, -0.1) is 0 Å². The third-order valence-corrected chi connectivity index (χ3v) is 4.97. The van der Waals surface area contributed by atoms with Crippen molar-refractivity contribution in [3.05, 3.63) is 107 Å². The summed E-state index contributed by atoms with van der Waals surface area (Å²) in [6.07, 6.45) is 0.978. The number of hydrogen-bond acceptors (Lipinski definition) is 0. The Kier molecular flexibility index (Phi) is 3.18. The van der Waals surface area contributed by atoms with E-state index in [-0.39, 0.29) is 0 Å². The zero-order valence-corrected chi connectivity index (χ0v) is 13.8. The van der Waals surface area contributed by atoms with Gasteiger partial charge in [0.15, 0.2) is 0 Å². The van der Waals surface area contributed by atoms with Gasteiger partial charge in [-0.3, -0.25) is 0 Å². The van der Waals surface area contributed by atoms with Crippen molar-refractivity contribution in [2.75, 3.05) is 0 Å². The summed E-state index contributed by atoms with van der Waals surface area (Å²) in [5.41, 5.74) is 7.67. The van der Waals surface area contributed by atoms with Crippen LogP contribution in [0.3, 0.4) is 0 Å². The molecule has 0 amide bonds. The second kappa shape index (κ2) is 5.65. The molecule has 0 atom stereocenters. The highest BCUT2D eigenvalue weighted by Gasteiger charge is 2.19. The summed E-state index contributed by atoms with van der Waals surface area (Å²) in [5, 5.41) is 2.45. The lowest BCUT2D eigenvalue weighted by molar-refractivity contribution is 1.25. The molecule has 5 rings (SSSR count). The number of benzene rings is 4. The van der Waals surface area contributed by atoms with Gasteiger partial charge in [-0.2, -0.15) is 0 Å². The summed E-state index contributed by atoms with van der Waals surface area (Å²) >= 11 is 0. The van der Waals surface area contributed by atoms with Crippen LogP contribution in [0.25, 0.3) is 21.9 Å². The van der Waals surface area contributed by atoms with Crippen LogP contribution in [0.4, 0.5) is 0 Å². The molecule has 0 saturated heterocycles. The average Bonchev–Trinajstić information content (AvgIpc) is 3.06. The number of rotatable bonds is 0. The predicted molar refractivity (Wildman–Crippen MR) is 105 cm³/mol. The first kappa shape index (κ1) is 14.1. The third-order valence-electron chi connectivity index (χ3n) is 4.97. The highest BCUT2D eigenvalue weighted by atomic mass is 14.2. The largest absolute Gasteiger partial charge is 0.0619 e. The molecule has 0 saturated carbocycles. The number of fused-ring (bicyclic) bond motifs is 4. The van der Waals surface area contributed by atoms with Crippen molar-refractivity contribution in [1.29, 1.82) is 0 Å². The van der Waals surface area contributed by atoms with Crippen molar-refractivity contribution >= 4 is 10.8 Å². The standard InChI is InChI=1S/C25H16/c1-3-12-22-18(7-1)9-5-10-19(22)15-16-20-11-6-14-24-23-13-4-2-8-21(23)17-25(20)24/h1-14H,17H2. The zero-order chi connectivity index (χ0) is 16.6. The summed E-state index contributed by atoms with van der Waals surface area (Å²) in [6, 6.07) is 29.9. The van der Waals surface area contributed by atoms with Crippen LogP contribution in [0.1, 0.15) is 22.3 Å². The van der Waals surface area contributed by atoms with Crippen LogP contribution in [-0.4, -0.2) is 0 Å². The smallest absolute Gasteiger partial charge is 0.0327 e. The zero-order valence-electron chi connectivity index (χ0n) is 13.8. The van der Waals surface area contributed by atoms with Crippen molar-refractivity contribution in [1.82, 2.24) is 0 Å². The van der Waals surface area contributed by atoms with Crippen molar-refractivity contribution in [3.8, 4) is 23.0 Å². The molecule has 0 spiro atoms. The van der Waals surface area contributed by atoms with Crippen molar-refractivity contribution in [2.24, 2.45) is 0 Å². The van der Waals surface area contributed by atoms with Gasteiger partial charge in [0.05, 0.1) is 0 Å². The Morgan fingerprint density at radius 1 is 0.560 bits per heavy atom. The lowest BCUT2D eigenvalue weighted by Gasteiger charge is -2.03. The SMILES string of the molecule is C(#Cc1cccc2ccccc12)c1cccc2c1Cc1ccccc1-2. The van der Waals surface area contributed by atoms with E-state index in [0.29, 0.717) is 0 Å². The van der Waals surface area contributed by atoms with Crippen LogP contribution < -0.4 is 0 Å². The molecule has 0 aromatic heterocycles. The Morgan fingerprint density at radius 2 is 1.24 bits per heavy atom. The number of hydrogen-bond donors (Lipinski definition) is 0. The fraction of sp³-hybridized carbons (Fsp3) is 0.0400. The van der Waals surface area contributed by atoms with Crippen LogP contribution in [0.2, 0.25) is 0 Å². The van der Waals surface area contributed by atoms with Crippen LogP contribution in [0.5, 0.6) is 0 Å². The molecule has 1 aliphatic carbocycles. The van der Waals surface area contributed by atoms with Gasteiger partial charge in [-0.1, -0.05) is 84.6 Å². The second-order valence-electron chi connectivity index (χ2n) is 6.44. The third kappa shape index (κ3) is 2.33. The van der Waals surface area contributed by atoms with E-state index < -0.39 is 0 Å². The molecule has 25 heavy (non-hydrogen) atoms. The maximum Gasteiger partial charge on any atom is 0.0327 e. The lowest BCUT2D eigenvalue weighted by atomic mass is 10.0. The maximum absolute atomic E-state index is 3.44. The van der Waals surface area contributed by atoms with Gasteiger partial charge in [-0.05, 0) is 51.6 Å². The monoisotopic (exact) mass is 316 g/mol. The Hall–Kier alpha value is -3.30. The summed E-state index contributed by atoms with van der Waals surface area (Å²) in [6.45, 7) is 0. The van der Waals surface area contributed by atoms with Gasteiger partial charge in [0, 0.05) is 11.1 Å². The first-order chi connectivity index (χ1) is 12.4. The van der Waals surface area contributed by atoms with E-state index in [9.17, 15) is 0 Å². The quantitative estimate of drug-likeness (QED) is 0.316. The molecule has 116 valence electrons. The molecule has 4 aromatic carbocycles. The molecule has 0 fully saturated rings. The van der Waals surface area contributed by atoms with Gasteiger partial charge in [-0.25, -0.2) is 0 Å². The van der Waals surface area contributed by atoms with Gasteiger partial charge in [0.2, 0.25) is 0 Å². The minimum absolute atomic E-state index is 0.978. The molecule has 1 aliphatic rings. The maximum atomic E-state index is 3.44. The van der Waals surface area contributed by atoms with Gasteiger partial charge >= 0.3 is 0 Å². The van der Waals surface area contributed by atoms with Crippen LogP contribution in [-0.2, 0) is 6.42 Å². The average molecular weight is 316 g/mol. The Bertz CT molecular complexity index is 1160. The van der Waals surface area contributed by atoms with E-state index >= 15 is 0 Å². The van der Waals surface area contributed by atoms with Crippen molar-refractivity contribution in [3.63, 3.8) is 0 Å². The van der Waals surface area contributed by atoms with Crippen molar-refractivity contribution < 1.29 is 0 Å². The fourth-order valence-corrected chi connectivity index (χ4v) is 3.74. The van der Waals surface area contributed by atoms with E-state index in [2.05, 4.69) is 96.8 Å². The molecule has 0 heteroatoms. The molecule has 0 heterocycles. The van der Waals surface area contributed by atoms with Gasteiger partial charge in [0.25, 0.3) is 0 Å². The van der Waals surface area contributed by atoms with Crippen LogP contribution in [0, 0.1) is 11.8 Å². The van der Waals surface area contributed by atoms with E-state index in [1.54, 1.807) is 0 Å². The molecule has 4 aromatic rings. The van der Waals surface area contributed by atoms with Gasteiger partial charge < -0.3 is 0 Å². The van der Waals surface area contributed by atoms with Gasteiger partial charge in [0.1, 0.15) is 0 Å². The summed E-state index contributed by atoms with van der Waals surface area (Å²) in [4.78, 5) is 0. The predicted octanol–water partition coefficient (Wildman–Crippen LogP) is 5.81. The summed E-state index contributed by atoms with van der Waals surface area (Å²) in [7, 11) is 0. The summed E-state index contributed by atoms with van der Waals surface area (Å²) in [5.74, 6) is 6.85.